The van der Waals surface area contributed by atoms with Gasteiger partial charge in [-0.25, -0.2) is 0 Å². The van der Waals surface area contributed by atoms with Gasteiger partial charge in [-0.15, -0.1) is 0 Å². The van der Waals surface area contributed by atoms with Gasteiger partial charge in [0.05, 0.1) is 6.54 Å². The fourth-order valence-electron chi connectivity index (χ4n) is 1.56. The third-order valence-corrected chi connectivity index (χ3v) is 2.51. The van der Waals surface area contributed by atoms with Crippen molar-refractivity contribution in [3.8, 4) is 0 Å². The number of carbonyl (C=O) groups excluding carboxylic acids is 1. The maximum absolute atomic E-state index is 11.0. The molecule has 0 aliphatic rings. The van der Waals surface area contributed by atoms with E-state index in [1.807, 2.05) is 19.1 Å². The van der Waals surface area contributed by atoms with Crippen LogP contribution in [-0.4, -0.2) is 12.5 Å². The summed E-state index contributed by atoms with van der Waals surface area (Å²) in [5.41, 5.74) is 3.20. The summed E-state index contributed by atoms with van der Waals surface area (Å²) in [7, 11) is 0. The van der Waals surface area contributed by atoms with Crippen molar-refractivity contribution in [1.29, 1.82) is 0 Å². The van der Waals surface area contributed by atoms with Crippen molar-refractivity contribution >= 4 is 17.3 Å². The first-order chi connectivity index (χ1) is 7.63. The molecule has 0 aliphatic carbocycles. The Bertz CT molecular complexity index is 361. The van der Waals surface area contributed by atoms with E-state index >= 15 is 0 Å². The molecule has 0 aromatic heterocycles. The van der Waals surface area contributed by atoms with Crippen LogP contribution in [0.25, 0.3) is 0 Å². The van der Waals surface area contributed by atoms with E-state index in [0.717, 1.165) is 17.8 Å². The van der Waals surface area contributed by atoms with Gasteiger partial charge >= 0.3 is 0 Å². The number of unbranched alkanes of at least 4 members (excludes halogenated alkanes) is 1. The minimum Gasteiger partial charge on any atom is -0.326 e. The first-order valence-electron chi connectivity index (χ1n) is 5.85. The summed E-state index contributed by atoms with van der Waals surface area (Å²) in [6.45, 7) is 6.82. The highest BCUT2D eigenvalue weighted by Crippen LogP contribution is 2.17. The minimum atomic E-state index is -0.0196. The summed E-state index contributed by atoms with van der Waals surface area (Å²) in [6.07, 6.45) is 2.42. The smallest absolute Gasteiger partial charge is 0.221 e. The fraction of sp³-hybridized carbons (Fsp3) is 0.462. The highest BCUT2D eigenvalue weighted by molar-refractivity contribution is 5.89. The van der Waals surface area contributed by atoms with Gasteiger partial charge in [-0.3, -0.25) is 4.79 Å². The number of aryl methyl sites for hydroxylation is 1. The zero-order chi connectivity index (χ0) is 12.0. The summed E-state index contributed by atoms with van der Waals surface area (Å²) in [4.78, 5) is 11.0. The molecular formula is C13H21N2O+. The van der Waals surface area contributed by atoms with Gasteiger partial charge in [0.25, 0.3) is 0 Å². The van der Waals surface area contributed by atoms with Gasteiger partial charge in [0.1, 0.15) is 5.69 Å². The Hall–Kier alpha value is -1.35. The van der Waals surface area contributed by atoms with Crippen LogP contribution in [0, 0.1) is 6.92 Å². The van der Waals surface area contributed by atoms with E-state index in [2.05, 4.69) is 23.6 Å². The van der Waals surface area contributed by atoms with Crippen LogP contribution in [0.5, 0.6) is 0 Å². The van der Waals surface area contributed by atoms with Crippen LogP contribution in [0.15, 0.2) is 18.2 Å². The molecule has 0 saturated heterocycles. The van der Waals surface area contributed by atoms with Gasteiger partial charge in [-0.2, -0.15) is 0 Å². The minimum absolute atomic E-state index is 0.0196. The van der Waals surface area contributed by atoms with Gasteiger partial charge in [0.2, 0.25) is 5.91 Å². The fourth-order valence-corrected chi connectivity index (χ4v) is 1.56. The van der Waals surface area contributed by atoms with Crippen molar-refractivity contribution in [2.75, 3.05) is 11.9 Å². The Kier molecular flexibility index (Phi) is 4.99. The number of quaternary nitrogens is 1. The number of nitrogens with one attached hydrogen (secondary N) is 1. The molecular weight excluding hydrogens is 200 g/mol. The molecule has 0 spiro atoms. The third kappa shape index (κ3) is 4.03. The SMILES string of the molecule is CCCC[NH2+]c1ccc(C)c(NC(C)=O)c1. The molecule has 1 rings (SSSR count). The number of hydrogen-bond acceptors (Lipinski definition) is 1. The quantitative estimate of drug-likeness (QED) is 0.579. The van der Waals surface area contributed by atoms with Gasteiger partial charge in [0.15, 0.2) is 0 Å². The normalized spacial score (nSPS) is 10.2. The highest BCUT2D eigenvalue weighted by Gasteiger charge is 2.04. The van der Waals surface area contributed by atoms with Crippen LogP contribution in [0.2, 0.25) is 0 Å². The Balaban J connectivity index is 2.69. The van der Waals surface area contributed by atoms with E-state index in [-0.39, 0.29) is 5.91 Å². The van der Waals surface area contributed by atoms with Crippen LogP contribution in [0.4, 0.5) is 11.4 Å². The van der Waals surface area contributed by atoms with Crippen molar-refractivity contribution < 1.29 is 10.1 Å². The predicted octanol–water partition coefficient (Wildman–Crippen LogP) is 1.95. The summed E-state index contributed by atoms with van der Waals surface area (Å²) in [6, 6.07) is 6.17. The van der Waals surface area contributed by atoms with Crippen LogP contribution in [-0.2, 0) is 4.79 Å². The first-order valence-corrected chi connectivity index (χ1v) is 5.85. The monoisotopic (exact) mass is 221 g/mol. The Morgan fingerprint density at radius 1 is 1.44 bits per heavy atom. The van der Waals surface area contributed by atoms with Crippen LogP contribution in [0.3, 0.4) is 0 Å². The lowest BCUT2D eigenvalue weighted by atomic mass is 10.1. The first kappa shape index (κ1) is 12.7. The third-order valence-electron chi connectivity index (χ3n) is 2.51. The average Bonchev–Trinajstić information content (AvgIpc) is 2.22. The molecule has 1 aromatic carbocycles. The van der Waals surface area contributed by atoms with Crippen LogP contribution in [0.1, 0.15) is 32.3 Å². The van der Waals surface area contributed by atoms with E-state index in [4.69, 9.17) is 0 Å². The molecule has 0 atom stereocenters. The zero-order valence-electron chi connectivity index (χ0n) is 10.3. The van der Waals surface area contributed by atoms with E-state index in [0.29, 0.717) is 0 Å². The Morgan fingerprint density at radius 2 is 2.19 bits per heavy atom. The van der Waals surface area contributed by atoms with Gasteiger partial charge < -0.3 is 10.6 Å². The molecule has 3 heteroatoms. The van der Waals surface area contributed by atoms with Crippen molar-refractivity contribution in [2.45, 2.75) is 33.6 Å². The lowest BCUT2D eigenvalue weighted by Gasteiger charge is -2.07. The van der Waals surface area contributed by atoms with Crippen molar-refractivity contribution in [1.82, 2.24) is 0 Å². The Labute approximate surface area is 97.2 Å². The summed E-state index contributed by atoms with van der Waals surface area (Å²) in [5.74, 6) is -0.0196. The summed E-state index contributed by atoms with van der Waals surface area (Å²) in [5, 5.41) is 5.06. The molecule has 0 aliphatic heterocycles. The molecule has 0 heterocycles. The Morgan fingerprint density at radius 3 is 2.81 bits per heavy atom. The number of anilines is 1. The second-order valence-electron chi connectivity index (χ2n) is 4.10. The topological polar surface area (TPSA) is 45.7 Å². The number of benzene rings is 1. The highest BCUT2D eigenvalue weighted by atomic mass is 16.1. The lowest BCUT2D eigenvalue weighted by Crippen LogP contribution is -2.77. The summed E-state index contributed by atoms with van der Waals surface area (Å²) >= 11 is 0. The summed E-state index contributed by atoms with van der Waals surface area (Å²) < 4.78 is 0. The van der Waals surface area contributed by atoms with E-state index in [9.17, 15) is 4.79 Å². The molecule has 1 aromatic rings. The molecule has 16 heavy (non-hydrogen) atoms. The number of amides is 1. The van der Waals surface area contributed by atoms with Crippen molar-refractivity contribution in [3.63, 3.8) is 0 Å². The second-order valence-corrected chi connectivity index (χ2v) is 4.10. The van der Waals surface area contributed by atoms with E-state index in [1.165, 1.54) is 25.5 Å². The number of carbonyl (C=O) groups is 1. The molecule has 0 saturated carbocycles. The molecule has 88 valence electrons. The van der Waals surface area contributed by atoms with E-state index < -0.39 is 0 Å². The van der Waals surface area contributed by atoms with Gasteiger partial charge in [0, 0.05) is 18.7 Å². The maximum Gasteiger partial charge on any atom is 0.221 e. The molecule has 3 nitrogen and oxygen atoms in total. The standard InChI is InChI=1S/C13H20N2O/c1-4-5-8-14-12-7-6-10(2)13(9-12)15-11(3)16/h6-7,9,14H,4-5,8H2,1-3H3,(H,15,16)/p+1. The average molecular weight is 221 g/mol. The van der Waals surface area contributed by atoms with Gasteiger partial charge in [-0.1, -0.05) is 19.4 Å². The molecule has 0 radical (unpaired) electrons. The number of hydrogen-bond donors (Lipinski definition) is 2. The van der Waals surface area contributed by atoms with Gasteiger partial charge in [-0.05, 0) is 25.0 Å². The largest absolute Gasteiger partial charge is 0.326 e. The van der Waals surface area contributed by atoms with Crippen molar-refractivity contribution in [3.05, 3.63) is 23.8 Å². The maximum atomic E-state index is 11.0. The molecule has 1 amide bonds. The second kappa shape index (κ2) is 6.28. The van der Waals surface area contributed by atoms with Crippen LogP contribution >= 0.6 is 0 Å². The number of nitrogens with two attached hydrogens (primary N) is 1. The molecule has 3 N–H and O–H groups in total. The molecule has 0 unspecified atom stereocenters. The molecule has 0 fully saturated rings. The predicted molar refractivity (Wildman–Crippen MR) is 66.8 cm³/mol. The van der Waals surface area contributed by atoms with E-state index in [1.54, 1.807) is 0 Å². The lowest BCUT2D eigenvalue weighted by molar-refractivity contribution is -0.571. The van der Waals surface area contributed by atoms with Crippen molar-refractivity contribution in [2.24, 2.45) is 0 Å². The van der Waals surface area contributed by atoms with Crippen LogP contribution < -0.4 is 10.6 Å². The zero-order valence-corrected chi connectivity index (χ0v) is 10.3. The number of rotatable bonds is 5. The molecule has 0 bridgehead atoms.